The second-order valence-corrected chi connectivity index (χ2v) is 13.2. The molecule has 0 bridgehead atoms. The Bertz CT molecular complexity index is 1440. The van der Waals surface area contributed by atoms with Gasteiger partial charge in [0.1, 0.15) is 10.8 Å². The molecule has 0 spiro atoms. The van der Waals surface area contributed by atoms with Gasteiger partial charge in [-0.1, -0.05) is 11.6 Å². The highest BCUT2D eigenvalue weighted by molar-refractivity contribution is 7.89. The van der Waals surface area contributed by atoms with Crippen molar-refractivity contribution in [1.29, 1.82) is 0 Å². The highest BCUT2D eigenvalue weighted by Crippen LogP contribution is 2.34. The minimum atomic E-state index is -3.13. The molecule has 0 aliphatic carbocycles. The Morgan fingerprint density at radius 3 is 2.55 bits per heavy atom. The van der Waals surface area contributed by atoms with Crippen molar-refractivity contribution in [2.75, 3.05) is 49.1 Å². The fourth-order valence-corrected chi connectivity index (χ4v) is 7.21. The van der Waals surface area contributed by atoms with Gasteiger partial charge in [0.25, 0.3) is 0 Å². The lowest BCUT2D eigenvalue weighted by Gasteiger charge is -2.33. The summed E-state index contributed by atoms with van der Waals surface area (Å²) < 4.78 is 41.8. The topological polar surface area (TPSA) is 119 Å². The molecule has 216 valence electrons. The van der Waals surface area contributed by atoms with E-state index >= 15 is 4.39 Å². The molecule has 2 aromatic heterocycles. The number of likely N-dealkylation sites (tertiary alicyclic amines) is 1. The van der Waals surface area contributed by atoms with E-state index in [1.54, 1.807) is 16.4 Å². The molecule has 40 heavy (non-hydrogen) atoms. The number of piperidine rings is 1. The van der Waals surface area contributed by atoms with Gasteiger partial charge in [0.2, 0.25) is 16.0 Å². The molecule has 10 nitrogen and oxygen atoms in total. The van der Waals surface area contributed by atoms with Gasteiger partial charge in [-0.15, -0.1) is 0 Å². The first-order valence-corrected chi connectivity index (χ1v) is 15.8. The normalized spacial score (nSPS) is 17.4. The number of benzene rings is 1. The Balaban J connectivity index is 1.16. The lowest BCUT2D eigenvalue weighted by Crippen LogP contribution is -2.36. The number of H-pyrrole nitrogens is 1. The predicted octanol–water partition coefficient (Wildman–Crippen LogP) is 5.09. The van der Waals surface area contributed by atoms with Gasteiger partial charge in [0, 0.05) is 24.8 Å². The van der Waals surface area contributed by atoms with Crippen molar-refractivity contribution in [3.05, 3.63) is 52.1 Å². The second-order valence-electron chi connectivity index (χ2n) is 10.7. The molecule has 2 aliphatic heterocycles. The summed E-state index contributed by atoms with van der Waals surface area (Å²) >= 11 is 6.24. The smallest absolute Gasteiger partial charge is 0.229 e. The van der Waals surface area contributed by atoms with E-state index in [9.17, 15) is 8.42 Å². The van der Waals surface area contributed by atoms with E-state index in [-0.39, 0.29) is 23.4 Å². The minimum Gasteiger partial charge on any atom is -0.322 e. The monoisotopic (exact) mass is 590 g/mol. The van der Waals surface area contributed by atoms with E-state index < -0.39 is 10.0 Å². The van der Waals surface area contributed by atoms with Gasteiger partial charge in [0.05, 0.1) is 17.6 Å². The first-order valence-electron chi connectivity index (χ1n) is 13.8. The number of sulfonamides is 1. The predicted molar refractivity (Wildman–Crippen MR) is 156 cm³/mol. The molecule has 1 aromatic carbocycles. The van der Waals surface area contributed by atoms with Crippen LogP contribution in [-0.4, -0.2) is 76.3 Å². The third-order valence-corrected chi connectivity index (χ3v) is 9.89. The van der Waals surface area contributed by atoms with E-state index in [2.05, 4.69) is 35.7 Å². The van der Waals surface area contributed by atoms with E-state index in [0.717, 1.165) is 62.1 Å². The first-order chi connectivity index (χ1) is 19.2. The maximum atomic E-state index is 15.2. The van der Waals surface area contributed by atoms with Crippen LogP contribution in [0.15, 0.2) is 24.4 Å². The molecule has 3 aromatic rings. The molecule has 3 N–H and O–H groups in total. The highest BCUT2D eigenvalue weighted by Gasteiger charge is 2.26. The van der Waals surface area contributed by atoms with Gasteiger partial charge in [-0.2, -0.15) is 10.1 Å². The van der Waals surface area contributed by atoms with Gasteiger partial charge in [0.15, 0.2) is 11.6 Å². The van der Waals surface area contributed by atoms with E-state index in [1.165, 1.54) is 6.20 Å². The molecule has 4 heterocycles. The summed E-state index contributed by atoms with van der Waals surface area (Å²) in [6, 6.07) is 5.22. The largest absolute Gasteiger partial charge is 0.322 e. The fourth-order valence-electron chi connectivity index (χ4n) is 5.50. The maximum Gasteiger partial charge on any atom is 0.229 e. The Morgan fingerprint density at radius 2 is 1.85 bits per heavy atom. The molecule has 0 saturated carbocycles. The fraction of sp³-hybridized carbons (Fsp3) is 0.519. The van der Waals surface area contributed by atoms with Crippen LogP contribution in [0.5, 0.6) is 0 Å². The lowest BCUT2D eigenvalue weighted by molar-refractivity contribution is 0.212. The summed E-state index contributed by atoms with van der Waals surface area (Å²) in [5.74, 6) is 1.24. The summed E-state index contributed by atoms with van der Waals surface area (Å²) in [4.78, 5) is 10.9. The van der Waals surface area contributed by atoms with Crippen LogP contribution in [0, 0.1) is 19.7 Å². The average Bonchev–Trinajstić information content (AvgIpc) is 3.61. The van der Waals surface area contributed by atoms with Crippen molar-refractivity contribution in [1.82, 2.24) is 29.4 Å². The van der Waals surface area contributed by atoms with Gasteiger partial charge in [-0.3, -0.25) is 5.10 Å². The number of hydrogen-bond acceptors (Lipinski definition) is 8. The van der Waals surface area contributed by atoms with Crippen LogP contribution >= 0.6 is 11.6 Å². The van der Waals surface area contributed by atoms with Crippen molar-refractivity contribution in [2.24, 2.45) is 0 Å². The number of halogens is 2. The SMILES string of the molecule is Cc1cc(Nc2nc(Nc3cc(C)c(C4CCN(CCCS(=O)(=O)N5CCCC5)CC4)cc3F)ncc2Cl)n[nH]1. The maximum absolute atomic E-state index is 15.2. The number of hydrogen-bond donors (Lipinski definition) is 3. The van der Waals surface area contributed by atoms with E-state index in [0.29, 0.717) is 41.9 Å². The first kappa shape index (κ1) is 28.7. The number of aromatic amines is 1. The third-order valence-electron chi connectivity index (χ3n) is 7.66. The molecular weight excluding hydrogens is 555 g/mol. The van der Waals surface area contributed by atoms with Gasteiger partial charge >= 0.3 is 0 Å². The van der Waals surface area contributed by atoms with Gasteiger partial charge < -0.3 is 15.5 Å². The van der Waals surface area contributed by atoms with Crippen LogP contribution < -0.4 is 10.6 Å². The van der Waals surface area contributed by atoms with Crippen LogP contribution in [0.1, 0.15) is 54.8 Å². The Morgan fingerprint density at radius 1 is 1.10 bits per heavy atom. The standard InChI is InChI=1S/C27H36ClFN8O2S/c1-18-14-24(31-27-30-17-22(28)26(33-27)32-25-15-19(2)34-35-25)23(29)16-21(18)20-6-11-36(12-7-20)8-5-13-40(38,39)37-9-3-4-10-37/h14-17,20H,3-13H2,1-2H3,(H3,30,31,32,33,34,35). The summed E-state index contributed by atoms with van der Waals surface area (Å²) in [6.07, 6.45) is 5.84. The number of anilines is 4. The van der Waals surface area contributed by atoms with Crippen LogP contribution in [0.4, 0.5) is 27.7 Å². The van der Waals surface area contributed by atoms with Crippen molar-refractivity contribution in [2.45, 2.75) is 51.9 Å². The molecule has 0 amide bonds. The third kappa shape index (κ3) is 6.91. The van der Waals surface area contributed by atoms with Crippen molar-refractivity contribution < 1.29 is 12.8 Å². The zero-order valence-electron chi connectivity index (χ0n) is 22.9. The summed E-state index contributed by atoms with van der Waals surface area (Å²) in [7, 11) is -3.13. The van der Waals surface area contributed by atoms with Crippen molar-refractivity contribution in [3.63, 3.8) is 0 Å². The molecule has 2 saturated heterocycles. The average molecular weight is 591 g/mol. The van der Waals surface area contributed by atoms with Gasteiger partial charge in [-0.05, 0) is 94.8 Å². The van der Waals surface area contributed by atoms with Crippen LogP contribution in [0.3, 0.4) is 0 Å². The van der Waals surface area contributed by atoms with E-state index in [1.807, 2.05) is 19.9 Å². The van der Waals surface area contributed by atoms with Crippen LogP contribution in [0.2, 0.25) is 5.02 Å². The molecule has 2 fully saturated rings. The Labute approximate surface area is 239 Å². The quantitative estimate of drug-likeness (QED) is 0.299. The molecule has 0 atom stereocenters. The Kier molecular flexibility index (Phi) is 8.89. The van der Waals surface area contributed by atoms with Crippen molar-refractivity contribution >= 4 is 44.9 Å². The number of rotatable bonds is 10. The molecular formula is C27H36ClFN8O2S. The zero-order chi connectivity index (χ0) is 28.3. The van der Waals surface area contributed by atoms with Crippen molar-refractivity contribution in [3.8, 4) is 0 Å². The lowest BCUT2D eigenvalue weighted by atomic mass is 9.86. The number of aryl methyl sites for hydroxylation is 2. The Hall–Kier alpha value is -2.80. The number of nitrogens with zero attached hydrogens (tertiary/aromatic N) is 5. The summed E-state index contributed by atoms with van der Waals surface area (Å²) in [6.45, 7) is 7.72. The van der Waals surface area contributed by atoms with Gasteiger partial charge in [-0.25, -0.2) is 22.1 Å². The number of nitrogens with one attached hydrogen (secondary N) is 3. The van der Waals surface area contributed by atoms with Crippen LogP contribution in [-0.2, 0) is 10.0 Å². The minimum absolute atomic E-state index is 0.212. The number of aromatic nitrogens is 4. The van der Waals surface area contributed by atoms with Crippen LogP contribution in [0.25, 0.3) is 0 Å². The molecule has 2 aliphatic rings. The highest BCUT2D eigenvalue weighted by atomic mass is 35.5. The summed E-state index contributed by atoms with van der Waals surface area (Å²) in [5.41, 5.74) is 3.19. The molecule has 0 radical (unpaired) electrons. The van der Waals surface area contributed by atoms with E-state index in [4.69, 9.17) is 11.6 Å². The zero-order valence-corrected chi connectivity index (χ0v) is 24.5. The molecule has 5 rings (SSSR count). The molecule has 13 heteroatoms. The summed E-state index contributed by atoms with van der Waals surface area (Å²) in [5, 5.41) is 13.3. The second kappa shape index (κ2) is 12.4. The molecule has 0 unspecified atom stereocenters.